The molecule has 2 aliphatic rings. The summed E-state index contributed by atoms with van der Waals surface area (Å²) in [5.74, 6) is 3.38. The summed E-state index contributed by atoms with van der Waals surface area (Å²) in [4.78, 5) is 12.8. The highest BCUT2D eigenvalue weighted by atomic mass is 16.5. The Morgan fingerprint density at radius 1 is 1.11 bits per heavy atom. The van der Waals surface area contributed by atoms with Crippen molar-refractivity contribution in [3.63, 3.8) is 0 Å². The van der Waals surface area contributed by atoms with Gasteiger partial charge in [-0.25, -0.2) is 4.98 Å². The maximum absolute atomic E-state index is 6.51. The van der Waals surface area contributed by atoms with Gasteiger partial charge in [-0.3, -0.25) is 4.90 Å². The Balaban J connectivity index is 1.58. The van der Waals surface area contributed by atoms with Gasteiger partial charge in [0, 0.05) is 6.54 Å². The summed E-state index contributed by atoms with van der Waals surface area (Å²) in [6, 6.07) is 8.01. The van der Waals surface area contributed by atoms with E-state index in [1.165, 1.54) is 12.8 Å². The van der Waals surface area contributed by atoms with Crippen LogP contribution in [-0.4, -0.2) is 51.5 Å². The summed E-state index contributed by atoms with van der Waals surface area (Å²) >= 11 is 0. The van der Waals surface area contributed by atoms with Crippen LogP contribution in [0.5, 0.6) is 5.75 Å². The van der Waals surface area contributed by atoms with Crippen molar-refractivity contribution in [3.8, 4) is 5.75 Å². The highest BCUT2D eigenvalue weighted by Crippen LogP contribution is 2.29. The first kappa shape index (κ1) is 18.6. The number of hydrogen-bond acceptors (Lipinski definition) is 7. The number of aromatic nitrogens is 2. The molecule has 2 aromatic rings. The predicted octanol–water partition coefficient (Wildman–Crippen LogP) is 1.54. The van der Waals surface area contributed by atoms with Gasteiger partial charge >= 0.3 is 5.95 Å². The van der Waals surface area contributed by atoms with Gasteiger partial charge in [0.2, 0.25) is 11.6 Å². The van der Waals surface area contributed by atoms with E-state index in [1.807, 2.05) is 24.3 Å². The molecule has 0 saturated carbocycles. The minimum atomic E-state index is 0.646. The highest BCUT2D eigenvalue weighted by Gasteiger charge is 2.28. The van der Waals surface area contributed by atoms with Gasteiger partial charge in [0.25, 0.3) is 0 Å². The van der Waals surface area contributed by atoms with Gasteiger partial charge in [0.15, 0.2) is 5.69 Å². The SMILES string of the molecule is COc1ccc(CNc2nc(N3CCOCC3)[nH+]c(N3CCCC3)c2N)cc1. The Morgan fingerprint density at radius 3 is 2.50 bits per heavy atom. The van der Waals surface area contributed by atoms with Gasteiger partial charge < -0.3 is 25.4 Å². The molecular formula is C20H29N6O2+. The zero-order valence-corrected chi connectivity index (χ0v) is 16.4. The molecule has 0 bridgehead atoms. The first-order valence-electron chi connectivity index (χ1n) is 9.92. The molecule has 8 heteroatoms. The van der Waals surface area contributed by atoms with Crippen molar-refractivity contribution in [2.75, 3.05) is 67.4 Å². The number of nitrogen functional groups attached to an aromatic ring is 1. The van der Waals surface area contributed by atoms with Crippen molar-refractivity contribution in [3.05, 3.63) is 29.8 Å². The molecule has 1 aromatic heterocycles. The average Bonchev–Trinajstić information content (AvgIpc) is 3.29. The number of ether oxygens (including phenoxy) is 2. The molecule has 0 unspecified atom stereocenters. The van der Waals surface area contributed by atoms with Crippen LogP contribution in [-0.2, 0) is 11.3 Å². The van der Waals surface area contributed by atoms with Gasteiger partial charge in [0.05, 0.1) is 46.5 Å². The minimum Gasteiger partial charge on any atom is -0.497 e. The van der Waals surface area contributed by atoms with Crippen LogP contribution in [0.3, 0.4) is 0 Å². The molecule has 2 aliphatic heterocycles. The van der Waals surface area contributed by atoms with Crippen molar-refractivity contribution >= 4 is 23.3 Å². The molecule has 0 atom stereocenters. The third-order valence-electron chi connectivity index (χ3n) is 5.31. The molecule has 150 valence electrons. The lowest BCUT2D eigenvalue weighted by atomic mass is 10.2. The van der Waals surface area contributed by atoms with Gasteiger partial charge in [0.1, 0.15) is 5.75 Å². The van der Waals surface area contributed by atoms with E-state index < -0.39 is 0 Å². The van der Waals surface area contributed by atoms with Crippen LogP contribution in [0.1, 0.15) is 18.4 Å². The van der Waals surface area contributed by atoms with Crippen molar-refractivity contribution in [1.82, 2.24) is 4.98 Å². The zero-order valence-electron chi connectivity index (χ0n) is 16.4. The van der Waals surface area contributed by atoms with Crippen LogP contribution < -0.4 is 30.6 Å². The molecule has 0 amide bonds. The van der Waals surface area contributed by atoms with Crippen LogP contribution in [0.15, 0.2) is 24.3 Å². The molecule has 4 rings (SSSR count). The maximum atomic E-state index is 6.51. The van der Waals surface area contributed by atoms with Crippen molar-refractivity contribution in [1.29, 1.82) is 0 Å². The number of anilines is 4. The Hall–Kier alpha value is -2.74. The van der Waals surface area contributed by atoms with E-state index in [0.717, 1.165) is 55.1 Å². The lowest BCUT2D eigenvalue weighted by Gasteiger charge is -2.24. The number of rotatable bonds is 6. The van der Waals surface area contributed by atoms with Gasteiger partial charge in [-0.2, -0.15) is 0 Å². The van der Waals surface area contributed by atoms with Crippen LogP contribution in [0.25, 0.3) is 0 Å². The van der Waals surface area contributed by atoms with Crippen LogP contribution in [0.4, 0.5) is 23.3 Å². The topological polar surface area (TPSA) is 90.0 Å². The quantitative estimate of drug-likeness (QED) is 0.779. The molecule has 2 fully saturated rings. The summed E-state index contributed by atoms with van der Waals surface area (Å²) in [6.07, 6.45) is 2.38. The highest BCUT2D eigenvalue weighted by molar-refractivity contribution is 5.74. The molecule has 2 saturated heterocycles. The molecule has 8 nitrogen and oxygen atoms in total. The summed E-state index contributed by atoms with van der Waals surface area (Å²) in [6.45, 7) is 5.76. The van der Waals surface area contributed by atoms with Crippen LogP contribution >= 0.6 is 0 Å². The number of H-pyrrole nitrogens is 1. The van der Waals surface area contributed by atoms with Gasteiger partial charge in [-0.05, 0) is 30.5 Å². The number of hydrogen-bond donors (Lipinski definition) is 2. The summed E-state index contributed by atoms with van der Waals surface area (Å²) < 4.78 is 10.7. The predicted molar refractivity (Wildman–Crippen MR) is 110 cm³/mol. The van der Waals surface area contributed by atoms with E-state index in [-0.39, 0.29) is 0 Å². The lowest BCUT2D eigenvalue weighted by molar-refractivity contribution is -0.353. The zero-order chi connectivity index (χ0) is 19.3. The van der Waals surface area contributed by atoms with Gasteiger partial charge in [-0.1, -0.05) is 17.1 Å². The normalized spacial score (nSPS) is 17.0. The molecule has 28 heavy (non-hydrogen) atoms. The number of morpholine rings is 1. The smallest absolute Gasteiger partial charge is 0.349 e. The minimum absolute atomic E-state index is 0.646. The number of nitrogens with zero attached hydrogens (tertiary/aromatic N) is 3. The van der Waals surface area contributed by atoms with E-state index in [4.69, 9.17) is 20.2 Å². The molecule has 0 spiro atoms. The fourth-order valence-corrected chi connectivity index (χ4v) is 3.66. The number of nitrogens with two attached hydrogens (primary N) is 1. The third-order valence-corrected chi connectivity index (χ3v) is 5.31. The fraction of sp³-hybridized carbons (Fsp3) is 0.500. The fourth-order valence-electron chi connectivity index (χ4n) is 3.66. The summed E-state index contributed by atoms with van der Waals surface area (Å²) in [5.41, 5.74) is 8.33. The summed E-state index contributed by atoms with van der Waals surface area (Å²) in [5, 5.41) is 3.43. The van der Waals surface area contributed by atoms with Gasteiger partial charge in [-0.15, -0.1) is 0 Å². The Kier molecular flexibility index (Phi) is 5.66. The van der Waals surface area contributed by atoms with Crippen LogP contribution in [0, 0.1) is 0 Å². The molecule has 0 aliphatic carbocycles. The second kappa shape index (κ2) is 8.52. The first-order valence-corrected chi connectivity index (χ1v) is 9.92. The van der Waals surface area contributed by atoms with Crippen molar-refractivity contribution in [2.45, 2.75) is 19.4 Å². The maximum Gasteiger partial charge on any atom is 0.349 e. The first-order chi connectivity index (χ1) is 13.7. The number of aromatic amines is 1. The Bertz CT molecular complexity index is 786. The van der Waals surface area contributed by atoms with E-state index in [0.29, 0.717) is 25.4 Å². The second-order valence-corrected chi connectivity index (χ2v) is 7.17. The number of nitrogens with one attached hydrogen (secondary N) is 2. The number of methoxy groups -OCH3 is 1. The largest absolute Gasteiger partial charge is 0.497 e. The molecule has 3 heterocycles. The third kappa shape index (κ3) is 4.06. The molecule has 0 radical (unpaired) electrons. The number of benzene rings is 1. The van der Waals surface area contributed by atoms with E-state index >= 15 is 0 Å². The standard InChI is InChI=1S/C20H28N6O2/c1-27-16-6-4-15(5-7-16)14-22-18-17(21)19(25-8-2-3-9-25)24-20(23-18)26-10-12-28-13-11-26/h4-7H,2-3,8-14,21H2,1H3,(H,22,23,24)/p+1. The van der Waals surface area contributed by atoms with Crippen LogP contribution in [0.2, 0.25) is 0 Å². The Morgan fingerprint density at radius 2 is 1.82 bits per heavy atom. The van der Waals surface area contributed by atoms with Crippen molar-refractivity contribution < 1.29 is 14.5 Å². The molecule has 4 N–H and O–H groups in total. The van der Waals surface area contributed by atoms with Crippen molar-refractivity contribution in [2.24, 2.45) is 0 Å². The second-order valence-electron chi connectivity index (χ2n) is 7.17. The van der Waals surface area contributed by atoms with E-state index in [9.17, 15) is 0 Å². The average molecular weight is 385 g/mol. The lowest BCUT2D eigenvalue weighted by Crippen LogP contribution is -2.42. The monoisotopic (exact) mass is 385 g/mol. The Labute approximate surface area is 165 Å². The molecular weight excluding hydrogens is 356 g/mol. The summed E-state index contributed by atoms with van der Waals surface area (Å²) in [7, 11) is 1.67. The van der Waals surface area contributed by atoms with E-state index in [1.54, 1.807) is 7.11 Å². The van der Waals surface area contributed by atoms with E-state index in [2.05, 4.69) is 20.1 Å². The molecule has 1 aromatic carbocycles.